The summed E-state index contributed by atoms with van der Waals surface area (Å²) in [5.41, 5.74) is 1.04. The van der Waals surface area contributed by atoms with Gasteiger partial charge in [-0.25, -0.2) is 4.79 Å². The zero-order valence-corrected chi connectivity index (χ0v) is 14.0. The van der Waals surface area contributed by atoms with Crippen LogP contribution in [-0.2, 0) is 11.3 Å². The average molecular weight is 335 g/mol. The Balaban J connectivity index is 1.62. The number of benzene rings is 3. The van der Waals surface area contributed by atoms with Crippen molar-refractivity contribution in [1.29, 1.82) is 0 Å². The molecule has 0 saturated carbocycles. The maximum atomic E-state index is 12.4. The third kappa shape index (κ3) is 3.17. The van der Waals surface area contributed by atoms with Gasteiger partial charge in [-0.15, -0.1) is 0 Å². The van der Waals surface area contributed by atoms with Crippen molar-refractivity contribution in [2.24, 2.45) is 0 Å². The van der Waals surface area contributed by atoms with Crippen molar-refractivity contribution in [3.05, 3.63) is 60.2 Å². The van der Waals surface area contributed by atoms with Crippen LogP contribution in [0.3, 0.4) is 0 Å². The van der Waals surface area contributed by atoms with E-state index < -0.39 is 0 Å². The van der Waals surface area contributed by atoms with Crippen molar-refractivity contribution < 1.29 is 14.6 Å². The van der Waals surface area contributed by atoms with Crippen LogP contribution < -0.4 is 0 Å². The molecule has 1 aliphatic rings. The molecule has 1 fully saturated rings. The number of carbonyl (C=O) groups is 1. The summed E-state index contributed by atoms with van der Waals surface area (Å²) in [6.45, 7) is 1.35. The Morgan fingerprint density at radius 2 is 1.56 bits per heavy atom. The summed E-state index contributed by atoms with van der Waals surface area (Å²) in [7, 11) is 0. The van der Waals surface area contributed by atoms with E-state index in [9.17, 15) is 9.90 Å². The molecule has 3 aromatic carbocycles. The quantitative estimate of drug-likeness (QED) is 0.718. The number of fused-ring (bicyclic) bond motifs is 2. The topological polar surface area (TPSA) is 49.8 Å². The number of hydrogen-bond donors (Lipinski definition) is 1. The maximum absolute atomic E-state index is 12.4. The zero-order chi connectivity index (χ0) is 17.2. The van der Waals surface area contributed by atoms with E-state index in [1.54, 1.807) is 4.90 Å². The Kier molecular flexibility index (Phi) is 4.28. The first-order valence-corrected chi connectivity index (χ1v) is 8.71. The van der Waals surface area contributed by atoms with Gasteiger partial charge in [-0.2, -0.15) is 0 Å². The fourth-order valence-electron chi connectivity index (χ4n) is 3.54. The van der Waals surface area contributed by atoms with Crippen LogP contribution in [0.1, 0.15) is 18.4 Å². The smallest absolute Gasteiger partial charge is 0.410 e. The molecule has 4 rings (SSSR count). The van der Waals surface area contributed by atoms with Gasteiger partial charge < -0.3 is 14.7 Å². The molecule has 0 unspecified atom stereocenters. The van der Waals surface area contributed by atoms with Crippen LogP contribution >= 0.6 is 0 Å². The van der Waals surface area contributed by atoms with Crippen molar-refractivity contribution >= 4 is 27.6 Å². The molecule has 25 heavy (non-hydrogen) atoms. The van der Waals surface area contributed by atoms with Crippen molar-refractivity contribution in [3.8, 4) is 0 Å². The van der Waals surface area contributed by atoms with Gasteiger partial charge in [-0.3, -0.25) is 0 Å². The highest BCUT2D eigenvalue weighted by molar-refractivity contribution is 6.02. The molecule has 4 heteroatoms. The molecule has 128 valence electrons. The van der Waals surface area contributed by atoms with Crippen LogP contribution in [0.25, 0.3) is 21.5 Å². The molecule has 0 atom stereocenters. The summed E-state index contributed by atoms with van der Waals surface area (Å²) in [6, 6.07) is 18.5. The van der Waals surface area contributed by atoms with Crippen LogP contribution in [0.4, 0.5) is 4.79 Å². The lowest BCUT2D eigenvalue weighted by Crippen LogP contribution is -2.40. The molecule has 0 aliphatic carbocycles. The second-order valence-electron chi connectivity index (χ2n) is 6.57. The van der Waals surface area contributed by atoms with Gasteiger partial charge in [0.2, 0.25) is 0 Å². The number of ether oxygens (including phenoxy) is 1. The Morgan fingerprint density at radius 1 is 1.00 bits per heavy atom. The highest BCUT2D eigenvalue weighted by atomic mass is 16.6. The van der Waals surface area contributed by atoms with E-state index >= 15 is 0 Å². The number of aliphatic hydroxyl groups excluding tert-OH is 1. The van der Waals surface area contributed by atoms with Crippen LogP contribution in [0, 0.1) is 0 Å². The van der Waals surface area contributed by atoms with Crippen LogP contribution in [0.2, 0.25) is 0 Å². The van der Waals surface area contributed by atoms with Gasteiger partial charge in [0, 0.05) is 18.7 Å². The van der Waals surface area contributed by atoms with E-state index in [0.29, 0.717) is 25.9 Å². The van der Waals surface area contributed by atoms with Crippen LogP contribution in [0.15, 0.2) is 54.6 Å². The van der Waals surface area contributed by atoms with E-state index in [1.807, 2.05) is 24.3 Å². The lowest BCUT2D eigenvalue weighted by molar-refractivity contribution is 0.0564. The second-order valence-corrected chi connectivity index (χ2v) is 6.57. The van der Waals surface area contributed by atoms with Gasteiger partial charge in [0.15, 0.2) is 0 Å². The minimum atomic E-state index is -0.302. The Bertz CT molecular complexity index is 859. The lowest BCUT2D eigenvalue weighted by atomic mass is 9.97. The molecule has 0 aromatic heterocycles. The predicted molar refractivity (Wildman–Crippen MR) is 98.5 cm³/mol. The molecular formula is C21H21NO3. The first kappa shape index (κ1) is 15.9. The molecule has 1 amide bonds. The van der Waals surface area contributed by atoms with Crippen LogP contribution in [0.5, 0.6) is 0 Å². The summed E-state index contributed by atoms with van der Waals surface area (Å²) in [5.74, 6) is 0. The van der Waals surface area contributed by atoms with Crippen molar-refractivity contribution in [1.82, 2.24) is 4.90 Å². The van der Waals surface area contributed by atoms with Gasteiger partial charge in [0.1, 0.15) is 6.61 Å². The van der Waals surface area contributed by atoms with E-state index in [0.717, 1.165) is 27.1 Å². The van der Waals surface area contributed by atoms with Gasteiger partial charge in [-0.05, 0) is 40.5 Å². The normalized spacial score (nSPS) is 15.6. The number of nitrogens with zero attached hydrogens (tertiary/aromatic N) is 1. The van der Waals surface area contributed by atoms with E-state index in [4.69, 9.17) is 4.74 Å². The first-order chi connectivity index (χ1) is 12.2. The zero-order valence-electron chi connectivity index (χ0n) is 14.0. The monoisotopic (exact) mass is 335 g/mol. The fourth-order valence-corrected chi connectivity index (χ4v) is 3.54. The molecule has 4 nitrogen and oxygen atoms in total. The van der Waals surface area contributed by atoms with Gasteiger partial charge >= 0.3 is 6.09 Å². The van der Waals surface area contributed by atoms with Crippen molar-refractivity contribution in [2.75, 3.05) is 13.1 Å². The second kappa shape index (κ2) is 6.73. The molecule has 3 aromatic rings. The van der Waals surface area contributed by atoms with Crippen molar-refractivity contribution in [3.63, 3.8) is 0 Å². The summed E-state index contributed by atoms with van der Waals surface area (Å²) in [4.78, 5) is 14.1. The number of piperidine rings is 1. The lowest BCUT2D eigenvalue weighted by Gasteiger charge is -2.28. The number of amides is 1. The molecule has 1 saturated heterocycles. The molecule has 1 N–H and O–H groups in total. The summed E-state index contributed by atoms with van der Waals surface area (Å²) in [6.07, 6.45) is 0.633. The van der Waals surface area contributed by atoms with E-state index in [-0.39, 0.29) is 18.8 Å². The summed E-state index contributed by atoms with van der Waals surface area (Å²) < 4.78 is 5.62. The molecule has 1 heterocycles. The maximum Gasteiger partial charge on any atom is 0.410 e. The first-order valence-electron chi connectivity index (χ1n) is 8.71. The van der Waals surface area contributed by atoms with Gasteiger partial charge in [-0.1, -0.05) is 48.5 Å². The van der Waals surface area contributed by atoms with Gasteiger partial charge in [0.25, 0.3) is 0 Å². The molecule has 0 bridgehead atoms. The Hall–Kier alpha value is -2.59. The van der Waals surface area contributed by atoms with Crippen molar-refractivity contribution in [2.45, 2.75) is 25.6 Å². The highest BCUT2D eigenvalue weighted by Crippen LogP contribution is 2.29. The molecular weight excluding hydrogens is 314 g/mol. The number of carbonyl (C=O) groups excluding carboxylic acids is 1. The predicted octanol–water partition coefficient (Wildman–Crippen LogP) is 4.09. The van der Waals surface area contributed by atoms with Crippen LogP contribution in [-0.4, -0.2) is 35.3 Å². The summed E-state index contributed by atoms with van der Waals surface area (Å²) >= 11 is 0. The summed E-state index contributed by atoms with van der Waals surface area (Å²) in [5, 5.41) is 14.1. The Labute approximate surface area is 146 Å². The minimum absolute atomic E-state index is 0.250. The molecule has 0 radical (unpaired) electrons. The van der Waals surface area contributed by atoms with E-state index in [1.165, 1.54) is 0 Å². The third-order valence-corrected chi connectivity index (χ3v) is 4.95. The van der Waals surface area contributed by atoms with E-state index in [2.05, 4.69) is 30.3 Å². The highest BCUT2D eigenvalue weighted by Gasteiger charge is 2.22. The largest absolute Gasteiger partial charge is 0.444 e. The SMILES string of the molecule is O=C(OCc1c2ccccc2cc2ccccc12)N1CCC(O)CC1. The average Bonchev–Trinajstić information content (AvgIpc) is 2.65. The molecule has 1 aliphatic heterocycles. The number of likely N-dealkylation sites (tertiary alicyclic amines) is 1. The molecule has 0 spiro atoms. The number of hydrogen-bond acceptors (Lipinski definition) is 3. The standard InChI is InChI=1S/C21H21NO3/c23-17-9-11-22(12-10-17)21(24)25-14-20-18-7-3-1-5-15(18)13-16-6-2-4-8-19(16)20/h1-8,13,17,23H,9-12,14H2. The minimum Gasteiger partial charge on any atom is -0.444 e. The van der Waals surface area contributed by atoms with Gasteiger partial charge in [0.05, 0.1) is 6.10 Å². The number of rotatable bonds is 2. The fraction of sp³-hybridized carbons (Fsp3) is 0.286. The number of aliphatic hydroxyl groups is 1. The Morgan fingerprint density at radius 3 is 2.16 bits per heavy atom. The third-order valence-electron chi connectivity index (χ3n) is 4.95.